The highest BCUT2D eigenvalue weighted by Crippen LogP contribution is 2.30. The second-order valence-electron chi connectivity index (χ2n) is 11.5. The van der Waals surface area contributed by atoms with E-state index in [4.69, 9.17) is 0 Å². The SMILES string of the molecule is CN(Cc1ccccc1)C(=O)c1cc(NC(=O)C2CCCC2)ccc1N1CCN(C(=O)NC(C)(C)C)CC1. The fourth-order valence-corrected chi connectivity index (χ4v) is 5.18. The zero-order valence-electron chi connectivity index (χ0n) is 23.1. The minimum absolute atomic E-state index is 0.0322. The Kier molecular flexibility index (Phi) is 8.59. The van der Waals surface area contributed by atoms with Crippen LogP contribution >= 0.6 is 0 Å². The summed E-state index contributed by atoms with van der Waals surface area (Å²) in [5.74, 6) is -0.0274. The number of nitrogens with zero attached hydrogens (tertiary/aromatic N) is 3. The molecule has 1 heterocycles. The van der Waals surface area contributed by atoms with E-state index in [-0.39, 0.29) is 29.3 Å². The summed E-state index contributed by atoms with van der Waals surface area (Å²) in [5.41, 5.74) is 2.78. The number of urea groups is 1. The average Bonchev–Trinajstić information content (AvgIpc) is 3.43. The minimum atomic E-state index is -0.296. The normalized spacial score (nSPS) is 16.3. The quantitative estimate of drug-likeness (QED) is 0.579. The molecule has 2 fully saturated rings. The van der Waals surface area contributed by atoms with Gasteiger partial charge in [0, 0.05) is 62.6 Å². The van der Waals surface area contributed by atoms with E-state index in [1.165, 1.54) is 0 Å². The van der Waals surface area contributed by atoms with E-state index in [0.717, 1.165) is 36.9 Å². The van der Waals surface area contributed by atoms with Crippen LogP contribution in [-0.2, 0) is 11.3 Å². The molecule has 0 unspecified atom stereocenters. The van der Waals surface area contributed by atoms with Gasteiger partial charge in [0.1, 0.15) is 0 Å². The van der Waals surface area contributed by atoms with E-state index in [9.17, 15) is 14.4 Å². The van der Waals surface area contributed by atoms with Crippen LogP contribution in [0.3, 0.4) is 0 Å². The van der Waals surface area contributed by atoms with Gasteiger partial charge in [0.25, 0.3) is 5.91 Å². The average molecular weight is 520 g/mol. The van der Waals surface area contributed by atoms with E-state index in [1.807, 2.05) is 74.2 Å². The number of hydrogen-bond donors (Lipinski definition) is 2. The standard InChI is InChI=1S/C30H41N5O3/c1-30(2,3)32-29(38)35-18-16-34(17-19-35)26-15-14-24(31-27(36)23-12-8-9-13-23)20-25(26)28(37)33(4)21-22-10-6-5-7-11-22/h5-7,10-11,14-15,20,23H,8-9,12-13,16-19,21H2,1-4H3,(H,31,36)(H,32,38). The molecule has 0 aromatic heterocycles. The van der Waals surface area contributed by atoms with Crippen molar-refractivity contribution in [3.05, 3.63) is 59.7 Å². The lowest BCUT2D eigenvalue weighted by atomic mass is 10.1. The molecule has 0 bridgehead atoms. The highest BCUT2D eigenvalue weighted by atomic mass is 16.2. The van der Waals surface area contributed by atoms with Crippen LogP contribution in [0.1, 0.15) is 62.4 Å². The van der Waals surface area contributed by atoms with E-state index in [0.29, 0.717) is 44.0 Å². The Balaban J connectivity index is 1.53. The molecular formula is C30H41N5O3. The van der Waals surface area contributed by atoms with Gasteiger partial charge in [-0.2, -0.15) is 0 Å². The molecule has 8 nitrogen and oxygen atoms in total. The molecule has 2 N–H and O–H groups in total. The van der Waals surface area contributed by atoms with Gasteiger partial charge in [0.2, 0.25) is 5.91 Å². The van der Waals surface area contributed by atoms with Gasteiger partial charge in [0.15, 0.2) is 0 Å². The van der Waals surface area contributed by atoms with Crippen LogP contribution in [-0.4, -0.2) is 66.4 Å². The third-order valence-corrected chi connectivity index (χ3v) is 7.22. The second kappa shape index (κ2) is 11.9. The van der Waals surface area contributed by atoms with Crippen molar-refractivity contribution in [3.63, 3.8) is 0 Å². The summed E-state index contributed by atoms with van der Waals surface area (Å²) in [6.07, 6.45) is 4.01. The minimum Gasteiger partial charge on any atom is -0.367 e. The van der Waals surface area contributed by atoms with Gasteiger partial charge in [-0.05, 0) is 57.4 Å². The van der Waals surface area contributed by atoms with Crippen LogP contribution in [0, 0.1) is 5.92 Å². The topological polar surface area (TPSA) is 85.0 Å². The maximum atomic E-state index is 13.7. The number of anilines is 2. The molecule has 204 valence electrons. The van der Waals surface area contributed by atoms with Crippen molar-refractivity contribution in [3.8, 4) is 0 Å². The van der Waals surface area contributed by atoms with E-state index in [2.05, 4.69) is 15.5 Å². The molecule has 0 radical (unpaired) electrons. The first-order valence-corrected chi connectivity index (χ1v) is 13.7. The first kappa shape index (κ1) is 27.5. The molecule has 38 heavy (non-hydrogen) atoms. The summed E-state index contributed by atoms with van der Waals surface area (Å²) >= 11 is 0. The van der Waals surface area contributed by atoms with Gasteiger partial charge in [0.05, 0.1) is 5.56 Å². The van der Waals surface area contributed by atoms with Crippen LogP contribution in [0.5, 0.6) is 0 Å². The number of carbonyl (C=O) groups is 3. The number of piperazine rings is 1. The van der Waals surface area contributed by atoms with Crippen molar-refractivity contribution < 1.29 is 14.4 Å². The summed E-state index contributed by atoms with van der Waals surface area (Å²) in [4.78, 5) is 44.9. The number of benzene rings is 2. The van der Waals surface area contributed by atoms with Gasteiger partial charge in [-0.1, -0.05) is 43.2 Å². The molecular weight excluding hydrogens is 478 g/mol. The van der Waals surface area contributed by atoms with Crippen LogP contribution in [0.25, 0.3) is 0 Å². The lowest BCUT2D eigenvalue weighted by molar-refractivity contribution is -0.119. The van der Waals surface area contributed by atoms with Crippen molar-refractivity contribution in [2.24, 2.45) is 5.92 Å². The first-order chi connectivity index (χ1) is 18.1. The van der Waals surface area contributed by atoms with Crippen LogP contribution in [0.4, 0.5) is 16.2 Å². The van der Waals surface area contributed by atoms with Gasteiger partial charge < -0.3 is 25.3 Å². The molecule has 8 heteroatoms. The predicted octanol–water partition coefficient (Wildman–Crippen LogP) is 4.72. The number of carbonyl (C=O) groups excluding carboxylic acids is 3. The predicted molar refractivity (Wildman–Crippen MR) is 151 cm³/mol. The lowest BCUT2D eigenvalue weighted by Gasteiger charge is -2.38. The molecule has 4 rings (SSSR count). The van der Waals surface area contributed by atoms with Crippen molar-refractivity contribution >= 4 is 29.2 Å². The smallest absolute Gasteiger partial charge is 0.317 e. The third kappa shape index (κ3) is 7.05. The van der Waals surface area contributed by atoms with Crippen LogP contribution in [0.15, 0.2) is 48.5 Å². The zero-order chi connectivity index (χ0) is 27.3. The van der Waals surface area contributed by atoms with Crippen molar-refractivity contribution in [1.82, 2.24) is 15.1 Å². The fraction of sp³-hybridized carbons (Fsp3) is 0.500. The molecule has 1 saturated carbocycles. The Morgan fingerprint density at radius 3 is 2.24 bits per heavy atom. The maximum Gasteiger partial charge on any atom is 0.317 e. The molecule has 1 saturated heterocycles. The van der Waals surface area contributed by atoms with E-state index >= 15 is 0 Å². The second-order valence-corrected chi connectivity index (χ2v) is 11.5. The molecule has 2 aromatic rings. The first-order valence-electron chi connectivity index (χ1n) is 13.7. The maximum absolute atomic E-state index is 13.7. The number of hydrogen-bond acceptors (Lipinski definition) is 4. The number of amides is 4. The monoisotopic (exact) mass is 519 g/mol. The van der Waals surface area contributed by atoms with Gasteiger partial charge >= 0.3 is 6.03 Å². The van der Waals surface area contributed by atoms with Crippen molar-refractivity contribution in [1.29, 1.82) is 0 Å². The lowest BCUT2D eigenvalue weighted by Crippen LogP contribution is -2.55. The molecule has 0 atom stereocenters. The number of rotatable bonds is 6. The van der Waals surface area contributed by atoms with Crippen LogP contribution in [0.2, 0.25) is 0 Å². The fourth-order valence-electron chi connectivity index (χ4n) is 5.18. The van der Waals surface area contributed by atoms with E-state index < -0.39 is 0 Å². The van der Waals surface area contributed by atoms with Crippen molar-refractivity contribution in [2.75, 3.05) is 43.4 Å². The highest BCUT2D eigenvalue weighted by Gasteiger charge is 2.28. The van der Waals surface area contributed by atoms with Crippen molar-refractivity contribution in [2.45, 2.75) is 58.5 Å². The molecule has 1 aliphatic carbocycles. The summed E-state index contributed by atoms with van der Waals surface area (Å²) < 4.78 is 0. The Bertz CT molecular complexity index is 1130. The summed E-state index contributed by atoms with van der Waals surface area (Å²) in [7, 11) is 1.80. The number of nitrogens with one attached hydrogen (secondary N) is 2. The Morgan fingerprint density at radius 2 is 1.61 bits per heavy atom. The molecule has 2 aliphatic rings. The Hall–Kier alpha value is -3.55. The highest BCUT2D eigenvalue weighted by molar-refractivity contribution is 6.02. The summed E-state index contributed by atoms with van der Waals surface area (Å²) in [6, 6.07) is 15.5. The Labute approximate surface area is 226 Å². The van der Waals surface area contributed by atoms with Crippen LogP contribution < -0.4 is 15.5 Å². The zero-order valence-corrected chi connectivity index (χ0v) is 23.1. The van der Waals surface area contributed by atoms with Gasteiger partial charge in [-0.15, -0.1) is 0 Å². The van der Waals surface area contributed by atoms with Gasteiger partial charge in [-0.3, -0.25) is 9.59 Å². The summed E-state index contributed by atoms with van der Waals surface area (Å²) in [5, 5.41) is 6.08. The van der Waals surface area contributed by atoms with Gasteiger partial charge in [-0.25, -0.2) is 4.79 Å². The largest absolute Gasteiger partial charge is 0.367 e. The molecule has 4 amide bonds. The third-order valence-electron chi connectivity index (χ3n) is 7.22. The summed E-state index contributed by atoms with van der Waals surface area (Å²) in [6.45, 7) is 8.76. The molecule has 0 spiro atoms. The Morgan fingerprint density at radius 1 is 0.947 bits per heavy atom. The van der Waals surface area contributed by atoms with E-state index in [1.54, 1.807) is 11.9 Å². The molecule has 2 aromatic carbocycles. The molecule has 1 aliphatic heterocycles.